The zero-order chi connectivity index (χ0) is 7.98. The quantitative estimate of drug-likeness (QED) is 0.557. The van der Waals surface area contributed by atoms with E-state index in [9.17, 15) is 9.90 Å². The molecule has 0 aliphatic heterocycles. The Kier molecular flexibility index (Phi) is 4.94. The van der Waals surface area contributed by atoms with Gasteiger partial charge in [-0.1, -0.05) is 13.8 Å². The molecular weight excluding hydrogens is 132 g/mol. The maximum Gasteiger partial charge on any atom is 0.338 e. The maximum absolute atomic E-state index is 10.6. The zero-order valence-corrected chi connectivity index (χ0v) is 6.42. The van der Waals surface area contributed by atoms with E-state index in [4.69, 9.17) is 0 Å². The van der Waals surface area contributed by atoms with Crippen molar-refractivity contribution in [1.29, 1.82) is 0 Å². The monoisotopic (exact) mass is 145 g/mol. The van der Waals surface area contributed by atoms with Gasteiger partial charge in [-0.3, -0.25) is 0 Å². The van der Waals surface area contributed by atoms with Gasteiger partial charge in [0.15, 0.2) is 6.10 Å². The van der Waals surface area contributed by atoms with Crippen molar-refractivity contribution in [3.8, 4) is 0 Å². The minimum atomic E-state index is -1.19. The van der Waals surface area contributed by atoms with Gasteiger partial charge in [0.2, 0.25) is 0 Å². The van der Waals surface area contributed by atoms with Gasteiger partial charge in [-0.15, -0.1) is 0 Å². The molecule has 10 heavy (non-hydrogen) atoms. The number of hydrogen-bond acceptors (Lipinski definition) is 2. The van der Waals surface area contributed by atoms with Crippen LogP contribution in [0.15, 0.2) is 0 Å². The fraction of sp³-hybridized carbons (Fsp3) is 0.857. The average molecular weight is 145 g/mol. The molecule has 3 heteroatoms. The topological polar surface area (TPSA) is 46.2 Å². The Morgan fingerprint density at radius 2 is 2.10 bits per heavy atom. The largest absolute Gasteiger partial charge is 0.464 e. The second kappa shape index (κ2) is 5.23. The lowest BCUT2D eigenvalue weighted by atomic mass is 10.3. The van der Waals surface area contributed by atoms with Gasteiger partial charge in [0, 0.05) is 0 Å². The van der Waals surface area contributed by atoms with E-state index in [0.717, 1.165) is 6.42 Å². The van der Waals surface area contributed by atoms with Gasteiger partial charge >= 0.3 is 5.97 Å². The molecule has 0 amide bonds. The third-order valence-electron chi connectivity index (χ3n) is 1.08. The van der Waals surface area contributed by atoms with Crippen molar-refractivity contribution in [3.63, 3.8) is 0 Å². The molecule has 0 heterocycles. The Hall–Kier alpha value is -0.570. The first-order chi connectivity index (χ1) is 4.72. The SMILES string of the molecule is CCCOC(=O)C([O])CC. The molecule has 59 valence electrons. The third-order valence-corrected chi connectivity index (χ3v) is 1.08. The highest BCUT2D eigenvalue weighted by atomic mass is 16.5. The van der Waals surface area contributed by atoms with E-state index in [1.807, 2.05) is 6.92 Å². The molecule has 0 aliphatic carbocycles. The summed E-state index contributed by atoms with van der Waals surface area (Å²) in [5.41, 5.74) is 0. The maximum atomic E-state index is 10.6. The van der Waals surface area contributed by atoms with E-state index in [-0.39, 0.29) is 0 Å². The molecule has 0 aromatic heterocycles. The summed E-state index contributed by atoms with van der Waals surface area (Å²) in [6.07, 6.45) is -0.114. The van der Waals surface area contributed by atoms with Crippen molar-refractivity contribution in [2.45, 2.75) is 32.8 Å². The molecule has 0 aliphatic rings. The smallest absolute Gasteiger partial charge is 0.338 e. The first-order valence-corrected chi connectivity index (χ1v) is 3.54. The van der Waals surface area contributed by atoms with Crippen LogP contribution in [-0.4, -0.2) is 18.7 Å². The summed E-state index contributed by atoms with van der Waals surface area (Å²) in [6, 6.07) is 0. The molecule has 0 rings (SSSR count). The molecule has 0 spiro atoms. The molecule has 0 aromatic carbocycles. The van der Waals surface area contributed by atoms with Crippen LogP contribution in [0.5, 0.6) is 0 Å². The number of hydrogen-bond donors (Lipinski definition) is 0. The van der Waals surface area contributed by atoms with Crippen molar-refractivity contribution in [2.75, 3.05) is 6.61 Å². The Labute approximate surface area is 61.0 Å². The molecule has 0 N–H and O–H groups in total. The summed E-state index contributed by atoms with van der Waals surface area (Å²) in [6.45, 7) is 3.92. The average Bonchev–Trinajstić information content (AvgIpc) is 1.98. The van der Waals surface area contributed by atoms with Crippen LogP contribution in [0.4, 0.5) is 0 Å². The lowest BCUT2D eigenvalue weighted by molar-refractivity contribution is -0.157. The molecule has 1 radical (unpaired) electrons. The predicted octanol–water partition coefficient (Wildman–Crippen LogP) is 1.15. The van der Waals surface area contributed by atoms with E-state index >= 15 is 0 Å². The van der Waals surface area contributed by atoms with Crippen LogP contribution in [0.2, 0.25) is 0 Å². The van der Waals surface area contributed by atoms with E-state index in [1.165, 1.54) is 0 Å². The van der Waals surface area contributed by atoms with Gasteiger partial charge in [0.05, 0.1) is 6.61 Å². The van der Waals surface area contributed by atoms with Gasteiger partial charge in [0.25, 0.3) is 0 Å². The van der Waals surface area contributed by atoms with Crippen molar-refractivity contribution in [2.24, 2.45) is 0 Å². The fourth-order valence-electron chi connectivity index (χ4n) is 0.462. The van der Waals surface area contributed by atoms with Crippen LogP contribution in [0.25, 0.3) is 0 Å². The second-order valence-corrected chi connectivity index (χ2v) is 2.06. The van der Waals surface area contributed by atoms with Crippen molar-refractivity contribution >= 4 is 5.97 Å². The summed E-state index contributed by atoms with van der Waals surface area (Å²) in [5.74, 6) is -0.621. The number of carbonyl (C=O) groups excluding carboxylic acids is 1. The standard InChI is InChI=1S/C7H13O3/c1-3-5-10-7(9)6(8)4-2/h6H,3-5H2,1-2H3. The van der Waals surface area contributed by atoms with Gasteiger partial charge in [-0.2, -0.15) is 0 Å². The lowest BCUT2D eigenvalue weighted by Gasteiger charge is -2.04. The molecule has 0 fully saturated rings. The Bertz CT molecular complexity index is 101. The summed E-state index contributed by atoms with van der Waals surface area (Å²) in [7, 11) is 0. The molecule has 0 bridgehead atoms. The van der Waals surface area contributed by atoms with E-state index in [1.54, 1.807) is 6.92 Å². The molecule has 3 nitrogen and oxygen atoms in total. The predicted molar refractivity (Wildman–Crippen MR) is 36.0 cm³/mol. The highest BCUT2D eigenvalue weighted by Gasteiger charge is 2.14. The number of rotatable bonds is 4. The minimum absolute atomic E-state index is 0.308. The molecule has 0 saturated heterocycles. The van der Waals surface area contributed by atoms with Crippen molar-refractivity contribution < 1.29 is 14.6 Å². The van der Waals surface area contributed by atoms with Gasteiger partial charge in [-0.05, 0) is 12.8 Å². The Morgan fingerprint density at radius 3 is 2.50 bits per heavy atom. The fourth-order valence-corrected chi connectivity index (χ4v) is 0.462. The number of carbonyl (C=O) groups is 1. The molecule has 0 saturated carbocycles. The van der Waals surface area contributed by atoms with E-state index < -0.39 is 12.1 Å². The van der Waals surface area contributed by atoms with Crippen LogP contribution in [-0.2, 0) is 14.6 Å². The van der Waals surface area contributed by atoms with Gasteiger partial charge < -0.3 is 4.74 Å². The van der Waals surface area contributed by atoms with E-state index in [0.29, 0.717) is 13.0 Å². The summed E-state index contributed by atoms with van der Waals surface area (Å²) in [4.78, 5) is 10.6. The molecule has 1 unspecified atom stereocenters. The zero-order valence-electron chi connectivity index (χ0n) is 6.42. The Balaban J connectivity index is 3.42. The summed E-state index contributed by atoms with van der Waals surface area (Å²) in [5, 5.41) is 10.6. The number of ether oxygens (including phenoxy) is 1. The van der Waals surface area contributed by atoms with Crippen molar-refractivity contribution in [1.82, 2.24) is 0 Å². The van der Waals surface area contributed by atoms with Crippen LogP contribution in [0.1, 0.15) is 26.7 Å². The van der Waals surface area contributed by atoms with Crippen LogP contribution in [0.3, 0.4) is 0 Å². The van der Waals surface area contributed by atoms with Gasteiger partial charge in [-0.25, -0.2) is 9.90 Å². The lowest BCUT2D eigenvalue weighted by Crippen LogP contribution is -2.20. The minimum Gasteiger partial charge on any atom is -0.464 e. The Morgan fingerprint density at radius 1 is 1.50 bits per heavy atom. The normalized spacial score (nSPS) is 12.7. The molecular formula is C7H13O3. The number of esters is 1. The second-order valence-electron chi connectivity index (χ2n) is 2.06. The summed E-state index contributed by atoms with van der Waals surface area (Å²) < 4.78 is 4.59. The highest BCUT2D eigenvalue weighted by molar-refractivity contribution is 5.74. The highest BCUT2D eigenvalue weighted by Crippen LogP contribution is 1.94. The van der Waals surface area contributed by atoms with Gasteiger partial charge in [0.1, 0.15) is 0 Å². The van der Waals surface area contributed by atoms with Crippen LogP contribution in [0, 0.1) is 0 Å². The molecule has 0 aromatic rings. The van der Waals surface area contributed by atoms with E-state index in [2.05, 4.69) is 4.74 Å². The first kappa shape index (κ1) is 9.43. The summed E-state index contributed by atoms with van der Waals surface area (Å²) >= 11 is 0. The van der Waals surface area contributed by atoms with Crippen LogP contribution < -0.4 is 0 Å². The van der Waals surface area contributed by atoms with Crippen molar-refractivity contribution in [3.05, 3.63) is 0 Å². The van der Waals surface area contributed by atoms with Crippen LogP contribution >= 0.6 is 0 Å². The third kappa shape index (κ3) is 3.45. The molecule has 1 atom stereocenters. The first-order valence-electron chi connectivity index (χ1n) is 3.54.